The third-order valence-electron chi connectivity index (χ3n) is 3.68. The summed E-state index contributed by atoms with van der Waals surface area (Å²) in [4.78, 5) is -0.324. The standard InChI is InChI=1S/C17H19BrO5S2/c1-11(2)13-6-5-12(3)16(9-13)23-25(21,22)17-10-14(24(4,19)20)7-8-15(17)18/h5-11H,1-4H3. The number of rotatable bonds is 5. The lowest BCUT2D eigenvalue weighted by Crippen LogP contribution is -2.12. The highest BCUT2D eigenvalue weighted by atomic mass is 79.9. The van der Waals surface area contributed by atoms with Crippen LogP contribution in [0.2, 0.25) is 0 Å². The van der Waals surface area contributed by atoms with Crippen LogP contribution in [0.5, 0.6) is 5.75 Å². The van der Waals surface area contributed by atoms with E-state index in [4.69, 9.17) is 4.18 Å². The van der Waals surface area contributed by atoms with Crippen LogP contribution >= 0.6 is 15.9 Å². The molecule has 0 fully saturated rings. The van der Waals surface area contributed by atoms with Gasteiger partial charge in [0, 0.05) is 10.7 Å². The van der Waals surface area contributed by atoms with Crippen LogP contribution < -0.4 is 4.18 Å². The molecular formula is C17H19BrO5S2. The first-order chi connectivity index (χ1) is 11.4. The summed E-state index contributed by atoms with van der Waals surface area (Å²) in [6, 6.07) is 9.21. The van der Waals surface area contributed by atoms with E-state index in [-0.39, 0.29) is 25.9 Å². The van der Waals surface area contributed by atoms with Crippen LogP contribution in [0.25, 0.3) is 0 Å². The second-order valence-corrected chi connectivity index (χ2v) is 10.5. The zero-order valence-corrected chi connectivity index (χ0v) is 17.5. The maximum absolute atomic E-state index is 12.7. The molecule has 2 aromatic carbocycles. The third-order valence-corrected chi connectivity index (χ3v) is 7.02. The highest BCUT2D eigenvalue weighted by Crippen LogP contribution is 2.31. The number of benzene rings is 2. The van der Waals surface area contributed by atoms with Gasteiger partial charge in [0.05, 0.1) is 4.90 Å². The predicted octanol–water partition coefficient (Wildman–Crippen LogP) is 4.05. The van der Waals surface area contributed by atoms with Crippen molar-refractivity contribution in [2.45, 2.75) is 36.5 Å². The van der Waals surface area contributed by atoms with Crippen molar-refractivity contribution in [1.82, 2.24) is 0 Å². The summed E-state index contributed by atoms with van der Waals surface area (Å²) in [5.74, 6) is 0.439. The minimum absolute atomic E-state index is 0.0921. The molecule has 0 atom stereocenters. The summed E-state index contributed by atoms with van der Waals surface area (Å²) < 4.78 is 54.3. The summed E-state index contributed by atoms with van der Waals surface area (Å²) in [6.45, 7) is 5.74. The molecule has 25 heavy (non-hydrogen) atoms. The molecule has 0 unspecified atom stereocenters. The van der Waals surface area contributed by atoms with Gasteiger partial charge in [0.2, 0.25) is 0 Å². The second kappa shape index (κ2) is 7.09. The molecule has 5 nitrogen and oxygen atoms in total. The molecule has 0 spiro atoms. The Hall–Kier alpha value is -1.38. The Morgan fingerprint density at radius 2 is 1.64 bits per heavy atom. The number of sulfone groups is 1. The predicted molar refractivity (Wildman–Crippen MR) is 100 cm³/mol. The molecule has 2 rings (SSSR count). The highest BCUT2D eigenvalue weighted by Gasteiger charge is 2.23. The van der Waals surface area contributed by atoms with Crippen LogP contribution in [-0.4, -0.2) is 23.1 Å². The summed E-state index contributed by atoms with van der Waals surface area (Å²) in [5.41, 5.74) is 1.61. The fourth-order valence-corrected chi connectivity index (χ4v) is 4.78. The Bertz CT molecular complexity index is 1010. The van der Waals surface area contributed by atoms with Crippen molar-refractivity contribution in [3.63, 3.8) is 0 Å². The van der Waals surface area contributed by atoms with Crippen molar-refractivity contribution in [2.24, 2.45) is 0 Å². The van der Waals surface area contributed by atoms with Gasteiger partial charge in [-0.25, -0.2) is 8.42 Å². The van der Waals surface area contributed by atoms with Crippen molar-refractivity contribution in [2.75, 3.05) is 6.26 Å². The lowest BCUT2D eigenvalue weighted by Gasteiger charge is -2.14. The van der Waals surface area contributed by atoms with E-state index in [0.717, 1.165) is 17.9 Å². The molecule has 2 aromatic rings. The summed E-state index contributed by atoms with van der Waals surface area (Å²) in [7, 11) is -7.75. The molecular weight excluding hydrogens is 428 g/mol. The largest absolute Gasteiger partial charge is 0.379 e. The van der Waals surface area contributed by atoms with Crippen molar-refractivity contribution in [3.05, 3.63) is 52.0 Å². The quantitative estimate of drug-likeness (QED) is 0.647. The minimum atomic E-state index is -4.20. The van der Waals surface area contributed by atoms with Gasteiger partial charge in [-0.15, -0.1) is 0 Å². The van der Waals surface area contributed by atoms with E-state index in [0.29, 0.717) is 5.56 Å². The van der Waals surface area contributed by atoms with Gasteiger partial charge in [-0.1, -0.05) is 26.0 Å². The first-order valence-corrected chi connectivity index (χ1v) is 11.6. The van der Waals surface area contributed by atoms with E-state index in [1.807, 2.05) is 19.9 Å². The minimum Gasteiger partial charge on any atom is -0.379 e. The van der Waals surface area contributed by atoms with Crippen LogP contribution in [0.4, 0.5) is 0 Å². The number of hydrogen-bond donors (Lipinski definition) is 0. The van der Waals surface area contributed by atoms with Crippen LogP contribution in [0.1, 0.15) is 30.9 Å². The zero-order valence-electron chi connectivity index (χ0n) is 14.3. The summed E-state index contributed by atoms with van der Waals surface area (Å²) in [6.07, 6.45) is 1.02. The van der Waals surface area contributed by atoms with Gasteiger partial charge in [0.15, 0.2) is 9.84 Å². The fourth-order valence-electron chi connectivity index (χ4n) is 2.13. The smallest absolute Gasteiger partial charge is 0.340 e. The van der Waals surface area contributed by atoms with Gasteiger partial charge in [0.1, 0.15) is 10.6 Å². The van der Waals surface area contributed by atoms with Crippen LogP contribution in [0.15, 0.2) is 50.7 Å². The molecule has 0 heterocycles. The first-order valence-electron chi connectivity index (χ1n) is 7.46. The van der Waals surface area contributed by atoms with Crippen LogP contribution in [0, 0.1) is 6.92 Å². The van der Waals surface area contributed by atoms with E-state index in [9.17, 15) is 16.8 Å². The van der Waals surface area contributed by atoms with Gasteiger partial charge in [-0.05, 0) is 64.2 Å². The first kappa shape index (κ1) is 19.9. The Morgan fingerprint density at radius 1 is 1.00 bits per heavy atom. The lowest BCUT2D eigenvalue weighted by molar-refractivity contribution is 0.483. The molecule has 136 valence electrons. The van der Waals surface area contributed by atoms with E-state index in [1.165, 1.54) is 12.1 Å². The van der Waals surface area contributed by atoms with Gasteiger partial charge in [0.25, 0.3) is 0 Å². The van der Waals surface area contributed by atoms with Gasteiger partial charge in [-0.2, -0.15) is 8.42 Å². The normalized spacial score (nSPS) is 12.4. The average Bonchev–Trinajstić information content (AvgIpc) is 2.48. The molecule has 8 heteroatoms. The van der Waals surface area contributed by atoms with E-state index in [1.54, 1.807) is 19.1 Å². The number of halogens is 1. The van der Waals surface area contributed by atoms with Crippen LogP contribution in [0.3, 0.4) is 0 Å². The monoisotopic (exact) mass is 446 g/mol. The third kappa shape index (κ3) is 4.62. The second-order valence-electron chi connectivity index (χ2n) is 6.08. The molecule has 0 aromatic heterocycles. The van der Waals surface area contributed by atoms with Crippen LogP contribution in [-0.2, 0) is 20.0 Å². The van der Waals surface area contributed by atoms with E-state index < -0.39 is 20.0 Å². The molecule has 0 amide bonds. The van der Waals surface area contributed by atoms with Gasteiger partial charge >= 0.3 is 10.1 Å². The fraction of sp³-hybridized carbons (Fsp3) is 0.294. The molecule has 0 saturated carbocycles. The van der Waals surface area contributed by atoms with Crippen molar-refractivity contribution in [3.8, 4) is 5.75 Å². The molecule has 0 aliphatic rings. The average molecular weight is 447 g/mol. The maximum Gasteiger partial charge on any atom is 0.340 e. The Labute approximate surface area is 157 Å². The van der Waals surface area contributed by atoms with Gasteiger partial charge in [-0.3, -0.25) is 0 Å². The Balaban J connectivity index is 2.52. The molecule has 0 radical (unpaired) electrons. The summed E-state index contributed by atoms with van der Waals surface area (Å²) in [5, 5.41) is 0. The Kier molecular flexibility index (Phi) is 5.65. The van der Waals surface area contributed by atoms with Crippen molar-refractivity contribution >= 4 is 35.9 Å². The van der Waals surface area contributed by atoms with Gasteiger partial charge < -0.3 is 4.18 Å². The van der Waals surface area contributed by atoms with E-state index in [2.05, 4.69) is 15.9 Å². The van der Waals surface area contributed by atoms with E-state index >= 15 is 0 Å². The molecule has 0 saturated heterocycles. The maximum atomic E-state index is 12.7. The van der Waals surface area contributed by atoms with Crippen molar-refractivity contribution < 1.29 is 21.0 Å². The molecule has 0 aliphatic carbocycles. The lowest BCUT2D eigenvalue weighted by atomic mass is 10.0. The Morgan fingerprint density at radius 3 is 2.20 bits per heavy atom. The molecule has 0 N–H and O–H groups in total. The topological polar surface area (TPSA) is 77.5 Å². The highest BCUT2D eigenvalue weighted by molar-refractivity contribution is 9.10. The molecule has 0 aliphatic heterocycles. The number of hydrogen-bond acceptors (Lipinski definition) is 5. The summed E-state index contributed by atoms with van der Waals surface area (Å²) >= 11 is 3.15. The molecule has 0 bridgehead atoms. The SMILES string of the molecule is Cc1ccc(C(C)C)cc1OS(=O)(=O)c1cc(S(C)(=O)=O)ccc1Br. The van der Waals surface area contributed by atoms with Crippen molar-refractivity contribution in [1.29, 1.82) is 0 Å². The zero-order chi connectivity index (χ0) is 19.0. The number of aryl methyl sites for hydroxylation is 1.